The van der Waals surface area contributed by atoms with Gasteiger partial charge in [-0.25, -0.2) is 8.42 Å². The van der Waals surface area contributed by atoms with Gasteiger partial charge in [-0.05, 0) is 30.5 Å². The van der Waals surface area contributed by atoms with Gasteiger partial charge in [0.15, 0.2) is 0 Å². The van der Waals surface area contributed by atoms with Gasteiger partial charge in [0.2, 0.25) is 0 Å². The van der Waals surface area contributed by atoms with Gasteiger partial charge in [0.25, 0.3) is 10.0 Å². The summed E-state index contributed by atoms with van der Waals surface area (Å²) in [5.41, 5.74) is 3.56. The van der Waals surface area contributed by atoms with Gasteiger partial charge in [-0.3, -0.25) is 9.71 Å². The molecule has 3 rings (SSSR count). The van der Waals surface area contributed by atoms with Crippen LogP contribution in [0.4, 0.5) is 0 Å². The average molecular weight is 326 g/mol. The number of rotatable bonds is 3. The molecule has 5 heteroatoms. The summed E-state index contributed by atoms with van der Waals surface area (Å²) in [6, 6.07) is 17.1. The number of hydrogen-bond acceptors (Lipinski definition) is 3. The Balaban J connectivity index is 1.98. The molecule has 1 heterocycles. The summed E-state index contributed by atoms with van der Waals surface area (Å²) < 4.78 is 27.4. The predicted octanol–water partition coefficient (Wildman–Crippen LogP) is 3.26. The lowest BCUT2D eigenvalue weighted by Gasteiger charge is -2.03. The molecule has 0 amide bonds. The summed E-state index contributed by atoms with van der Waals surface area (Å²) in [5.74, 6) is 0.423. The summed E-state index contributed by atoms with van der Waals surface area (Å²) in [7, 11) is -3.55. The Kier molecular flexibility index (Phi) is 4.05. The van der Waals surface area contributed by atoms with Crippen LogP contribution in [0.3, 0.4) is 0 Å². The monoisotopic (exact) mass is 326 g/mol. The van der Waals surface area contributed by atoms with E-state index in [1.54, 1.807) is 19.1 Å². The van der Waals surface area contributed by atoms with E-state index < -0.39 is 10.0 Å². The third-order valence-corrected chi connectivity index (χ3v) is 5.44. The molecule has 0 aliphatic carbocycles. The van der Waals surface area contributed by atoms with Gasteiger partial charge in [-0.15, -0.1) is 0 Å². The number of benzene rings is 2. The van der Waals surface area contributed by atoms with Crippen molar-refractivity contribution in [3.05, 3.63) is 76.9 Å². The highest BCUT2D eigenvalue weighted by Gasteiger charge is 2.32. The highest BCUT2D eigenvalue weighted by Crippen LogP contribution is 2.29. The lowest BCUT2D eigenvalue weighted by molar-refractivity contribution is 0.603. The first-order valence-corrected chi connectivity index (χ1v) is 8.86. The fourth-order valence-corrected chi connectivity index (χ4v) is 4.15. The van der Waals surface area contributed by atoms with Crippen molar-refractivity contribution >= 4 is 20.8 Å². The highest BCUT2D eigenvalue weighted by atomic mass is 32.2. The smallest absolute Gasteiger partial charge is 0.263 e. The van der Waals surface area contributed by atoms with Crippen LogP contribution in [0.2, 0.25) is 0 Å². The molecule has 0 atom stereocenters. The fraction of sp³-hybridized carbons (Fsp3) is 0.167. The van der Waals surface area contributed by atoms with Gasteiger partial charge in [0.1, 0.15) is 10.7 Å². The lowest BCUT2D eigenvalue weighted by Crippen LogP contribution is -2.23. The SMILES string of the molecule is CC1=C(c2ccccc2)S(=O)(=O)NC1=NCc1ccccc1C. The number of hydrogen-bond donors (Lipinski definition) is 1. The van der Waals surface area contributed by atoms with Crippen LogP contribution in [0.1, 0.15) is 23.6 Å². The van der Waals surface area contributed by atoms with E-state index in [9.17, 15) is 8.42 Å². The number of amidine groups is 1. The van der Waals surface area contributed by atoms with Crippen LogP contribution in [-0.4, -0.2) is 14.3 Å². The molecule has 4 nitrogen and oxygen atoms in total. The number of nitrogens with one attached hydrogen (secondary N) is 1. The van der Waals surface area contributed by atoms with Crippen molar-refractivity contribution in [2.24, 2.45) is 4.99 Å². The van der Waals surface area contributed by atoms with Crippen molar-refractivity contribution in [1.82, 2.24) is 4.72 Å². The van der Waals surface area contributed by atoms with Gasteiger partial charge in [0.05, 0.1) is 6.54 Å². The zero-order valence-corrected chi connectivity index (χ0v) is 13.9. The Hall–Kier alpha value is -2.40. The molecule has 2 aromatic rings. The maximum Gasteiger partial charge on any atom is 0.264 e. The van der Waals surface area contributed by atoms with Crippen molar-refractivity contribution in [1.29, 1.82) is 0 Å². The van der Waals surface area contributed by atoms with E-state index in [0.29, 0.717) is 28.4 Å². The second-order valence-electron chi connectivity index (χ2n) is 5.52. The first kappa shape index (κ1) is 15.5. The normalized spacial score (nSPS) is 18.3. The quantitative estimate of drug-likeness (QED) is 0.941. The van der Waals surface area contributed by atoms with Gasteiger partial charge < -0.3 is 0 Å². The predicted molar refractivity (Wildman–Crippen MR) is 93.4 cm³/mol. The Morgan fingerprint density at radius 3 is 2.30 bits per heavy atom. The molecule has 0 radical (unpaired) electrons. The summed E-state index contributed by atoms with van der Waals surface area (Å²) in [6.07, 6.45) is 0. The van der Waals surface area contributed by atoms with Crippen molar-refractivity contribution in [3.8, 4) is 0 Å². The molecule has 118 valence electrons. The molecule has 0 saturated carbocycles. The molecular weight excluding hydrogens is 308 g/mol. The molecule has 0 unspecified atom stereocenters. The number of sulfonamides is 1. The zero-order valence-electron chi connectivity index (χ0n) is 13.1. The van der Waals surface area contributed by atoms with Gasteiger partial charge >= 0.3 is 0 Å². The van der Waals surface area contributed by atoms with Crippen LogP contribution >= 0.6 is 0 Å². The van der Waals surface area contributed by atoms with Crippen molar-refractivity contribution < 1.29 is 8.42 Å². The summed E-state index contributed by atoms with van der Waals surface area (Å²) in [6.45, 7) is 4.26. The summed E-state index contributed by atoms with van der Waals surface area (Å²) in [4.78, 5) is 4.78. The van der Waals surface area contributed by atoms with Gasteiger partial charge in [0, 0.05) is 5.57 Å². The third-order valence-electron chi connectivity index (χ3n) is 3.90. The maximum absolute atomic E-state index is 12.4. The topological polar surface area (TPSA) is 58.5 Å². The standard InChI is InChI=1S/C18H18N2O2S/c1-13-8-6-7-11-16(13)12-19-18-14(2)17(23(21,22)20-18)15-9-4-3-5-10-15/h3-11H,12H2,1-2H3,(H,19,20). The van der Waals surface area contributed by atoms with E-state index in [0.717, 1.165) is 11.1 Å². The second-order valence-corrected chi connectivity index (χ2v) is 7.14. The summed E-state index contributed by atoms with van der Waals surface area (Å²) in [5, 5.41) is 0. The Labute approximate surface area is 136 Å². The lowest BCUT2D eigenvalue weighted by atomic mass is 10.1. The second kappa shape index (κ2) is 6.01. The van der Waals surface area contributed by atoms with E-state index in [-0.39, 0.29) is 0 Å². The number of aliphatic imine (C=N–C) groups is 1. The van der Waals surface area contributed by atoms with Crippen LogP contribution in [0, 0.1) is 6.92 Å². The Morgan fingerprint density at radius 1 is 0.957 bits per heavy atom. The molecular formula is C18H18N2O2S. The molecule has 1 aliphatic heterocycles. The van der Waals surface area contributed by atoms with Crippen molar-refractivity contribution in [3.63, 3.8) is 0 Å². The number of aryl methyl sites for hydroxylation is 1. The van der Waals surface area contributed by atoms with Crippen LogP contribution in [0.25, 0.3) is 4.91 Å². The van der Waals surface area contributed by atoms with Crippen LogP contribution < -0.4 is 4.72 Å². The van der Waals surface area contributed by atoms with Gasteiger partial charge in [-0.1, -0.05) is 54.6 Å². The van der Waals surface area contributed by atoms with Gasteiger partial charge in [-0.2, -0.15) is 0 Å². The van der Waals surface area contributed by atoms with Crippen molar-refractivity contribution in [2.75, 3.05) is 0 Å². The zero-order chi connectivity index (χ0) is 16.4. The largest absolute Gasteiger partial charge is 0.264 e. The van der Waals surface area contributed by atoms with Crippen molar-refractivity contribution in [2.45, 2.75) is 20.4 Å². The Bertz CT molecular complexity index is 898. The van der Waals surface area contributed by atoms with Crippen LogP contribution in [0.5, 0.6) is 0 Å². The maximum atomic E-state index is 12.4. The molecule has 0 fully saturated rings. The minimum Gasteiger partial charge on any atom is -0.263 e. The third kappa shape index (κ3) is 3.05. The molecule has 0 bridgehead atoms. The molecule has 23 heavy (non-hydrogen) atoms. The number of nitrogens with zero attached hydrogens (tertiary/aromatic N) is 1. The first-order valence-electron chi connectivity index (χ1n) is 7.37. The van der Waals surface area contributed by atoms with E-state index in [2.05, 4.69) is 9.71 Å². The van der Waals surface area contributed by atoms with Crippen LogP contribution in [-0.2, 0) is 16.6 Å². The van der Waals surface area contributed by atoms with E-state index >= 15 is 0 Å². The summed E-state index contributed by atoms with van der Waals surface area (Å²) >= 11 is 0. The van der Waals surface area contributed by atoms with E-state index in [1.165, 1.54) is 0 Å². The Morgan fingerprint density at radius 2 is 1.61 bits per heavy atom. The molecule has 0 spiro atoms. The fourth-order valence-electron chi connectivity index (χ4n) is 2.63. The molecule has 0 aromatic heterocycles. The average Bonchev–Trinajstić information content (AvgIpc) is 2.76. The van der Waals surface area contributed by atoms with E-state index in [1.807, 2.05) is 49.4 Å². The molecule has 2 aromatic carbocycles. The minimum atomic E-state index is -3.55. The highest BCUT2D eigenvalue weighted by molar-refractivity contribution is 8.00. The molecule has 0 saturated heterocycles. The molecule has 1 N–H and O–H groups in total. The van der Waals surface area contributed by atoms with E-state index in [4.69, 9.17) is 0 Å². The minimum absolute atomic E-state index is 0.307. The first-order chi connectivity index (χ1) is 11.0. The molecule has 1 aliphatic rings. The van der Waals surface area contributed by atoms with Crippen LogP contribution in [0.15, 0.2) is 65.2 Å².